The van der Waals surface area contributed by atoms with Crippen LogP contribution in [0.5, 0.6) is 0 Å². The van der Waals surface area contributed by atoms with Crippen LogP contribution in [-0.4, -0.2) is 35.4 Å². The van der Waals surface area contributed by atoms with Gasteiger partial charge in [0.1, 0.15) is 6.04 Å². The number of halogens is 1. The Balaban J connectivity index is 3.63. The molecule has 0 rings (SSSR count). The number of rotatable bonds is 4. The standard InChI is InChI=1S/C6H14ClNO2S/c1-11(2,7)4-3-5(8)6(9)10/h5H,3-4,8H2,1-2H3,(H,9,10)/t5-/m0/s1. The number of carboxylic acids is 1. The van der Waals surface area contributed by atoms with Crippen molar-refractivity contribution >= 4 is 25.9 Å². The maximum Gasteiger partial charge on any atom is 0.320 e. The van der Waals surface area contributed by atoms with Gasteiger partial charge in [0.2, 0.25) is 0 Å². The molecule has 0 aliphatic carbocycles. The van der Waals surface area contributed by atoms with Gasteiger partial charge in [-0.25, -0.2) is 0 Å². The number of carbonyl (C=O) groups is 1. The molecule has 0 amide bonds. The largest absolute Gasteiger partial charge is 0.480 e. The Bertz CT molecular complexity index is 146. The third-order valence-electron chi connectivity index (χ3n) is 1.23. The molecule has 0 aliphatic heterocycles. The summed E-state index contributed by atoms with van der Waals surface area (Å²) in [6.45, 7) is 0. The van der Waals surface area contributed by atoms with Crippen molar-refractivity contribution in [3.05, 3.63) is 0 Å². The van der Waals surface area contributed by atoms with Crippen molar-refractivity contribution in [2.45, 2.75) is 12.5 Å². The number of nitrogens with two attached hydrogens (primary N) is 1. The highest BCUT2D eigenvalue weighted by atomic mass is 35.7. The summed E-state index contributed by atoms with van der Waals surface area (Å²) in [4.78, 5) is 10.3. The second kappa shape index (κ2) is 4.18. The maximum atomic E-state index is 10.3. The molecule has 3 N–H and O–H groups in total. The van der Waals surface area contributed by atoms with Gasteiger partial charge in [-0.15, -0.1) is 0 Å². The lowest BCUT2D eigenvalue weighted by atomic mass is 10.2. The van der Waals surface area contributed by atoms with Crippen molar-refractivity contribution in [1.29, 1.82) is 0 Å². The molecular weight excluding hydrogens is 186 g/mol. The van der Waals surface area contributed by atoms with Gasteiger partial charge in [0, 0.05) is 0 Å². The molecular formula is C6H14ClNO2S. The Morgan fingerprint density at radius 2 is 2.18 bits per heavy atom. The molecule has 3 nitrogen and oxygen atoms in total. The minimum atomic E-state index is -1.12. The molecule has 0 aromatic rings. The first kappa shape index (κ1) is 11.1. The highest BCUT2D eigenvalue weighted by Gasteiger charge is 2.15. The van der Waals surface area contributed by atoms with E-state index >= 15 is 0 Å². The molecule has 0 radical (unpaired) electrons. The Morgan fingerprint density at radius 1 is 1.73 bits per heavy atom. The summed E-state index contributed by atoms with van der Waals surface area (Å²) in [5.74, 6) is -0.257. The zero-order valence-corrected chi connectivity index (χ0v) is 8.28. The smallest absolute Gasteiger partial charge is 0.320 e. The third kappa shape index (κ3) is 6.47. The van der Waals surface area contributed by atoms with Crippen LogP contribution in [0.25, 0.3) is 0 Å². The summed E-state index contributed by atoms with van der Waals surface area (Å²) in [5, 5.41) is 8.42. The first-order valence-electron chi connectivity index (χ1n) is 3.22. The molecule has 68 valence electrons. The zero-order valence-electron chi connectivity index (χ0n) is 6.71. The number of carboxylic acid groups (broad SMARTS) is 1. The average Bonchev–Trinajstić information content (AvgIpc) is 1.80. The van der Waals surface area contributed by atoms with Crippen LogP contribution in [0.4, 0.5) is 0 Å². The molecule has 5 heteroatoms. The van der Waals surface area contributed by atoms with Crippen molar-refractivity contribution in [2.24, 2.45) is 5.73 Å². The van der Waals surface area contributed by atoms with E-state index in [4.69, 9.17) is 21.5 Å². The summed E-state index contributed by atoms with van der Waals surface area (Å²) in [6, 6.07) is -0.763. The van der Waals surface area contributed by atoms with Crippen molar-refractivity contribution < 1.29 is 9.90 Å². The Kier molecular flexibility index (Phi) is 4.21. The van der Waals surface area contributed by atoms with Crippen LogP contribution >= 0.6 is 19.9 Å². The lowest BCUT2D eigenvalue weighted by Gasteiger charge is -2.22. The van der Waals surface area contributed by atoms with Gasteiger partial charge in [0.05, 0.1) is 0 Å². The molecule has 0 heterocycles. The summed E-state index contributed by atoms with van der Waals surface area (Å²) in [6.07, 6.45) is 4.30. The summed E-state index contributed by atoms with van der Waals surface area (Å²) < 4.78 is 0. The summed E-state index contributed by atoms with van der Waals surface area (Å²) >= 11 is 0. The summed E-state index contributed by atoms with van der Waals surface area (Å²) in [5.41, 5.74) is 5.28. The molecule has 1 atom stereocenters. The predicted octanol–water partition coefficient (Wildman–Crippen LogP) is 1.01. The minimum Gasteiger partial charge on any atom is -0.480 e. The van der Waals surface area contributed by atoms with E-state index < -0.39 is 21.3 Å². The van der Waals surface area contributed by atoms with Crippen LogP contribution in [0, 0.1) is 0 Å². The Morgan fingerprint density at radius 3 is 2.45 bits per heavy atom. The van der Waals surface area contributed by atoms with E-state index in [0.717, 1.165) is 0 Å². The van der Waals surface area contributed by atoms with Gasteiger partial charge in [-0.1, -0.05) is 10.7 Å². The highest BCUT2D eigenvalue weighted by molar-refractivity contribution is 8.50. The highest BCUT2D eigenvalue weighted by Crippen LogP contribution is 2.45. The lowest BCUT2D eigenvalue weighted by Crippen LogP contribution is -2.31. The topological polar surface area (TPSA) is 63.3 Å². The van der Waals surface area contributed by atoms with Gasteiger partial charge in [0.15, 0.2) is 0 Å². The van der Waals surface area contributed by atoms with Crippen molar-refractivity contribution in [3.8, 4) is 0 Å². The fourth-order valence-electron chi connectivity index (χ4n) is 0.531. The average molecular weight is 200 g/mol. The SMILES string of the molecule is CS(C)(Cl)CC[C@H](N)C(=O)O. The van der Waals surface area contributed by atoms with Gasteiger partial charge >= 0.3 is 5.97 Å². The molecule has 0 saturated carbocycles. The Labute approximate surface area is 72.7 Å². The van der Waals surface area contributed by atoms with E-state index in [0.29, 0.717) is 12.2 Å². The molecule has 0 spiro atoms. The molecule has 0 aromatic carbocycles. The van der Waals surface area contributed by atoms with Gasteiger partial charge in [0.25, 0.3) is 0 Å². The van der Waals surface area contributed by atoms with E-state index in [9.17, 15) is 4.79 Å². The fraction of sp³-hybridized carbons (Fsp3) is 0.833. The predicted molar refractivity (Wildman–Crippen MR) is 50.4 cm³/mol. The molecule has 0 aliphatic rings. The number of hydrogen-bond acceptors (Lipinski definition) is 2. The molecule has 0 aromatic heterocycles. The van der Waals surface area contributed by atoms with Crippen molar-refractivity contribution in [2.75, 3.05) is 18.3 Å². The zero-order chi connectivity index (χ0) is 9.07. The number of hydrogen-bond donors (Lipinski definition) is 2. The van der Waals surface area contributed by atoms with E-state index in [1.807, 2.05) is 12.5 Å². The molecule has 0 unspecified atom stereocenters. The summed E-state index contributed by atoms with van der Waals surface area (Å²) in [7, 11) is 4.79. The van der Waals surface area contributed by atoms with Crippen LogP contribution in [0.15, 0.2) is 0 Å². The van der Waals surface area contributed by atoms with Gasteiger partial charge < -0.3 is 10.8 Å². The van der Waals surface area contributed by atoms with Gasteiger partial charge in [-0.3, -0.25) is 4.79 Å². The van der Waals surface area contributed by atoms with Gasteiger partial charge in [-0.05, 0) is 24.7 Å². The fourth-order valence-corrected chi connectivity index (χ4v) is 1.61. The van der Waals surface area contributed by atoms with E-state index in [2.05, 4.69) is 0 Å². The normalized spacial score (nSPS) is 16.0. The minimum absolute atomic E-state index is 0.459. The monoisotopic (exact) mass is 199 g/mol. The van der Waals surface area contributed by atoms with Crippen molar-refractivity contribution in [3.63, 3.8) is 0 Å². The quantitative estimate of drug-likeness (QED) is 0.711. The number of aliphatic carboxylic acids is 1. The van der Waals surface area contributed by atoms with Crippen LogP contribution < -0.4 is 5.73 Å². The molecule has 0 fully saturated rings. The molecule has 0 saturated heterocycles. The first-order valence-corrected chi connectivity index (χ1v) is 6.66. The van der Waals surface area contributed by atoms with Crippen LogP contribution in [-0.2, 0) is 4.79 Å². The lowest BCUT2D eigenvalue weighted by molar-refractivity contribution is -0.138. The van der Waals surface area contributed by atoms with Crippen LogP contribution in [0.2, 0.25) is 0 Å². The maximum absolute atomic E-state index is 10.3. The third-order valence-corrected chi connectivity index (χ3v) is 2.90. The van der Waals surface area contributed by atoms with E-state index in [-0.39, 0.29) is 0 Å². The van der Waals surface area contributed by atoms with E-state index in [1.54, 1.807) is 0 Å². The first-order chi connectivity index (χ1) is 4.83. The second-order valence-corrected chi connectivity index (χ2v) is 8.56. The van der Waals surface area contributed by atoms with Crippen molar-refractivity contribution in [1.82, 2.24) is 0 Å². The molecule has 11 heavy (non-hydrogen) atoms. The Hall–Kier alpha value is 0.0700. The van der Waals surface area contributed by atoms with Gasteiger partial charge in [-0.2, -0.15) is 9.24 Å². The molecule has 0 bridgehead atoms. The van der Waals surface area contributed by atoms with E-state index in [1.165, 1.54) is 0 Å². The second-order valence-electron chi connectivity index (χ2n) is 2.84. The van der Waals surface area contributed by atoms with Crippen LogP contribution in [0.3, 0.4) is 0 Å². The van der Waals surface area contributed by atoms with Crippen LogP contribution in [0.1, 0.15) is 6.42 Å².